The van der Waals surface area contributed by atoms with E-state index in [1.807, 2.05) is 47.3 Å². The molecule has 9 heteroatoms. The lowest BCUT2D eigenvalue weighted by Crippen LogP contribution is -2.29. The predicted octanol–water partition coefficient (Wildman–Crippen LogP) is 1.01. The second-order valence-corrected chi connectivity index (χ2v) is 6.32. The van der Waals surface area contributed by atoms with Gasteiger partial charge in [0.15, 0.2) is 11.2 Å². The first-order chi connectivity index (χ1) is 13.0. The number of aryl methyl sites for hydroxylation is 2. The topological polar surface area (TPSA) is 103 Å². The average Bonchev–Trinajstić information content (AvgIpc) is 3.29. The summed E-state index contributed by atoms with van der Waals surface area (Å²) in [6.07, 6.45) is 3.62. The maximum Gasteiger partial charge on any atom is 0.329 e. The number of benzene rings is 1. The first kappa shape index (κ1) is 16.8. The second-order valence-electron chi connectivity index (χ2n) is 6.32. The zero-order valence-electron chi connectivity index (χ0n) is 15.0. The molecule has 0 amide bonds. The Hall–Kier alpha value is -3.62. The summed E-state index contributed by atoms with van der Waals surface area (Å²) >= 11 is 0. The second kappa shape index (κ2) is 6.60. The van der Waals surface area contributed by atoms with Gasteiger partial charge >= 0.3 is 5.69 Å². The predicted molar refractivity (Wildman–Crippen MR) is 102 cm³/mol. The van der Waals surface area contributed by atoms with Crippen LogP contribution in [0.4, 0.5) is 5.95 Å². The molecule has 0 saturated carbocycles. The van der Waals surface area contributed by atoms with Gasteiger partial charge in [-0.3, -0.25) is 19.0 Å². The smallest absolute Gasteiger partial charge is 0.329 e. The molecule has 4 rings (SSSR count). The summed E-state index contributed by atoms with van der Waals surface area (Å²) in [7, 11) is 3.32. The van der Waals surface area contributed by atoms with Gasteiger partial charge in [0.2, 0.25) is 5.95 Å². The van der Waals surface area contributed by atoms with Crippen molar-refractivity contribution in [1.29, 1.82) is 0 Å². The monoisotopic (exact) mass is 365 g/mol. The number of anilines is 1. The van der Waals surface area contributed by atoms with Crippen LogP contribution in [0, 0.1) is 0 Å². The van der Waals surface area contributed by atoms with E-state index in [0.29, 0.717) is 23.7 Å². The Kier molecular flexibility index (Phi) is 4.11. The van der Waals surface area contributed by atoms with Crippen molar-refractivity contribution in [3.63, 3.8) is 0 Å². The van der Waals surface area contributed by atoms with Crippen molar-refractivity contribution in [1.82, 2.24) is 28.9 Å². The van der Waals surface area contributed by atoms with Crippen LogP contribution >= 0.6 is 0 Å². The molecule has 0 aliphatic rings. The zero-order chi connectivity index (χ0) is 19.0. The molecule has 138 valence electrons. The maximum atomic E-state index is 12.2. The summed E-state index contributed by atoms with van der Waals surface area (Å²) in [5.41, 5.74) is 0.779. The van der Waals surface area contributed by atoms with Gasteiger partial charge in [-0.25, -0.2) is 4.79 Å². The van der Waals surface area contributed by atoms with Crippen LogP contribution < -0.4 is 16.6 Å². The van der Waals surface area contributed by atoms with Gasteiger partial charge in [-0.1, -0.05) is 30.3 Å². The van der Waals surface area contributed by atoms with E-state index in [2.05, 4.69) is 20.4 Å². The van der Waals surface area contributed by atoms with Crippen LogP contribution in [-0.2, 0) is 20.6 Å². The number of fused-ring (bicyclic) bond motifs is 1. The minimum Gasteiger partial charge on any atom is -0.347 e. The van der Waals surface area contributed by atoms with E-state index < -0.39 is 11.2 Å². The Labute approximate surface area is 153 Å². The van der Waals surface area contributed by atoms with E-state index in [1.54, 1.807) is 24.9 Å². The molecule has 0 aliphatic heterocycles. The summed E-state index contributed by atoms with van der Waals surface area (Å²) in [4.78, 5) is 30.9. The first-order valence-electron chi connectivity index (χ1n) is 8.49. The lowest BCUT2D eigenvalue weighted by Gasteiger charge is -2.20. The van der Waals surface area contributed by atoms with E-state index in [9.17, 15) is 9.59 Å². The normalized spacial score (nSPS) is 12.4. The number of nitrogens with one attached hydrogen (secondary N) is 2. The molecule has 2 N–H and O–H groups in total. The molecule has 0 saturated heterocycles. The molecule has 3 aromatic heterocycles. The molecule has 1 aromatic carbocycles. The number of aromatic amines is 1. The Bertz CT molecular complexity index is 1190. The molecule has 1 unspecified atom stereocenters. The fourth-order valence-electron chi connectivity index (χ4n) is 3.11. The van der Waals surface area contributed by atoms with Gasteiger partial charge in [-0.05, 0) is 11.6 Å². The van der Waals surface area contributed by atoms with E-state index in [-0.39, 0.29) is 6.04 Å². The Morgan fingerprint density at radius 3 is 2.59 bits per heavy atom. The number of hydrogen-bond donors (Lipinski definition) is 2. The highest BCUT2D eigenvalue weighted by molar-refractivity contribution is 5.74. The van der Waals surface area contributed by atoms with Crippen LogP contribution in [0.2, 0.25) is 0 Å². The summed E-state index contributed by atoms with van der Waals surface area (Å²) in [6, 6.07) is 11.7. The highest BCUT2D eigenvalue weighted by Crippen LogP contribution is 2.22. The van der Waals surface area contributed by atoms with E-state index >= 15 is 0 Å². The largest absolute Gasteiger partial charge is 0.347 e. The van der Waals surface area contributed by atoms with E-state index in [1.165, 1.54) is 4.57 Å². The average molecular weight is 365 g/mol. The fourth-order valence-corrected chi connectivity index (χ4v) is 3.11. The lowest BCUT2D eigenvalue weighted by molar-refractivity contribution is 0.547. The molecule has 1 atom stereocenters. The fraction of sp³-hybridized carbons (Fsp3) is 0.222. The minimum atomic E-state index is -0.492. The molecular weight excluding hydrogens is 346 g/mol. The summed E-state index contributed by atoms with van der Waals surface area (Å²) in [6.45, 7) is 0.579. The van der Waals surface area contributed by atoms with Gasteiger partial charge in [0.1, 0.15) is 0 Å². The van der Waals surface area contributed by atoms with Crippen LogP contribution in [-0.4, -0.2) is 28.9 Å². The van der Waals surface area contributed by atoms with Gasteiger partial charge in [-0.2, -0.15) is 10.1 Å². The molecular formula is C18H19N7O2. The van der Waals surface area contributed by atoms with Crippen molar-refractivity contribution in [3.05, 3.63) is 75.2 Å². The summed E-state index contributed by atoms with van der Waals surface area (Å²) in [5.74, 6) is 0.498. The highest BCUT2D eigenvalue weighted by Gasteiger charge is 2.19. The molecule has 4 aromatic rings. The minimum absolute atomic E-state index is 0.127. The molecule has 3 heterocycles. The van der Waals surface area contributed by atoms with Crippen molar-refractivity contribution in [2.75, 3.05) is 5.32 Å². The van der Waals surface area contributed by atoms with Crippen molar-refractivity contribution >= 4 is 17.1 Å². The van der Waals surface area contributed by atoms with Gasteiger partial charge in [0.05, 0.1) is 12.6 Å². The maximum absolute atomic E-state index is 12.2. The SMILES string of the molecule is Cn1c(NC(Cn2cccn2)c2ccccc2)nc2c1c(=O)[nH]c(=O)n2C. The summed E-state index contributed by atoms with van der Waals surface area (Å²) < 4.78 is 4.81. The number of H-pyrrole nitrogens is 1. The zero-order valence-corrected chi connectivity index (χ0v) is 15.0. The van der Waals surface area contributed by atoms with Crippen LogP contribution in [0.15, 0.2) is 58.4 Å². The molecule has 0 bridgehead atoms. The molecule has 0 radical (unpaired) electrons. The number of hydrogen-bond acceptors (Lipinski definition) is 5. The Morgan fingerprint density at radius 2 is 1.89 bits per heavy atom. The van der Waals surface area contributed by atoms with Crippen molar-refractivity contribution < 1.29 is 0 Å². The van der Waals surface area contributed by atoms with E-state index in [4.69, 9.17) is 0 Å². The van der Waals surface area contributed by atoms with Crippen LogP contribution in [0.3, 0.4) is 0 Å². The molecule has 27 heavy (non-hydrogen) atoms. The van der Waals surface area contributed by atoms with Crippen LogP contribution in [0.1, 0.15) is 11.6 Å². The molecule has 0 spiro atoms. The van der Waals surface area contributed by atoms with Crippen LogP contribution in [0.5, 0.6) is 0 Å². The number of aromatic nitrogens is 6. The van der Waals surface area contributed by atoms with Crippen LogP contribution in [0.25, 0.3) is 11.2 Å². The highest BCUT2D eigenvalue weighted by atomic mass is 16.2. The number of rotatable bonds is 5. The van der Waals surface area contributed by atoms with Crippen molar-refractivity contribution in [2.45, 2.75) is 12.6 Å². The van der Waals surface area contributed by atoms with Gasteiger partial charge in [-0.15, -0.1) is 0 Å². The van der Waals surface area contributed by atoms with Gasteiger partial charge in [0.25, 0.3) is 5.56 Å². The third kappa shape index (κ3) is 3.03. The quantitative estimate of drug-likeness (QED) is 0.549. The van der Waals surface area contributed by atoms with Gasteiger partial charge < -0.3 is 9.88 Å². The Balaban J connectivity index is 1.78. The van der Waals surface area contributed by atoms with Crippen molar-refractivity contribution in [3.8, 4) is 0 Å². The summed E-state index contributed by atoms with van der Waals surface area (Å²) in [5, 5.41) is 7.67. The molecule has 0 aliphatic carbocycles. The standard InChI is InChI=1S/C18H19N7O2/c1-23-14-15(24(2)18(27)22-16(14)26)21-17(23)20-13(11-25-10-6-9-19-25)12-7-4-3-5-8-12/h3-10,13H,11H2,1-2H3,(H,20,21)(H,22,26,27). The van der Waals surface area contributed by atoms with Crippen molar-refractivity contribution in [2.24, 2.45) is 14.1 Å². The number of imidazole rings is 1. The first-order valence-corrected chi connectivity index (χ1v) is 8.49. The molecule has 9 nitrogen and oxygen atoms in total. The molecule has 0 fully saturated rings. The van der Waals surface area contributed by atoms with E-state index in [0.717, 1.165) is 5.56 Å². The Morgan fingerprint density at radius 1 is 1.11 bits per heavy atom. The number of nitrogens with zero attached hydrogens (tertiary/aromatic N) is 5. The van der Waals surface area contributed by atoms with Gasteiger partial charge in [0, 0.05) is 26.5 Å². The lowest BCUT2D eigenvalue weighted by atomic mass is 10.1. The third-order valence-electron chi connectivity index (χ3n) is 4.57. The third-order valence-corrected chi connectivity index (χ3v) is 4.57.